The molecule has 0 aliphatic rings. The monoisotopic (exact) mass is 241 g/mol. The average Bonchev–Trinajstić information content (AvgIpc) is 2.76. The Morgan fingerprint density at radius 1 is 1.29 bits per heavy atom. The molecule has 2 aromatic rings. The number of pyridine rings is 1. The third-order valence-electron chi connectivity index (χ3n) is 2.32. The first-order valence-electron chi connectivity index (χ1n) is 4.90. The second-order valence-corrected chi connectivity index (χ2v) is 3.46. The first kappa shape index (κ1) is 11.5. The molecule has 0 bridgehead atoms. The van der Waals surface area contributed by atoms with E-state index in [-0.39, 0.29) is 5.82 Å². The normalized spacial score (nSPS) is 11.5. The van der Waals surface area contributed by atoms with Crippen LogP contribution in [0, 0.1) is 0 Å². The molecule has 2 heterocycles. The fourth-order valence-corrected chi connectivity index (χ4v) is 1.42. The Balaban J connectivity index is 2.39. The van der Waals surface area contributed by atoms with Gasteiger partial charge < -0.3 is 9.88 Å². The number of nitrogens with one attached hydrogen (secondary N) is 1. The molecule has 0 amide bonds. The van der Waals surface area contributed by atoms with E-state index in [1.54, 1.807) is 25.5 Å². The fourth-order valence-electron chi connectivity index (χ4n) is 1.42. The van der Waals surface area contributed by atoms with Crippen LogP contribution in [0.15, 0.2) is 36.8 Å². The van der Waals surface area contributed by atoms with E-state index in [1.165, 1.54) is 4.57 Å². The molecule has 2 aromatic heterocycles. The molecule has 0 aliphatic heterocycles. The van der Waals surface area contributed by atoms with E-state index in [2.05, 4.69) is 10.3 Å². The van der Waals surface area contributed by atoms with Crippen molar-refractivity contribution in [3.05, 3.63) is 42.4 Å². The molecule has 17 heavy (non-hydrogen) atoms. The number of nitrogens with zero attached hydrogens (tertiary/aromatic N) is 2. The number of alkyl halides is 3. The molecular formula is C11H10F3N3. The van der Waals surface area contributed by atoms with Crippen molar-refractivity contribution in [1.82, 2.24) is 9.55 Å². The van der Waals surface area contributed by atoms with Gasteiger partial charge in [0.2, 0.25) is 0 Å². The lowest BCUT2D eigenvalue weighted by molar-refractivity contribution is -0.137. The van der Waals surface area contributed by atoms with E-state index in [9.17, 15) is 13.2 Å². The van der Waals surface area contributed by atoms with Gasteiger partial charge in [0.1, 0.15) is 5.82 Å². The highest BCUT2D eigenvalue weighted by atomic mass is 19.4. The molecule has 0 atom stereocenters. The molecule has 1 N–H and O–H groups in total. The van der Waals surface area contributed by atoms with Crippen molar-refractivity contribution in [2.24, 2.45) is 0 Å². The van der Waals surface area contributed by atoms with Crippen LogP contribution in [0.3, 0.4) is 0 Å². The summed E-state index contributed by atoms with van der Waals surface area (Å²) in [6.07, 6.45) is 0.116. The molecular weight excluding hydrogens is 231 g/mol. The second-order valence-electron chi connectivity index (χ2n) is 3.46. The van der Waals surface area contributed by atoms with Gasteiger partial charge in [-0.05, 0) is 18.2 Å². The van der Waals surface area contributed by atoms with E-state index in [4.69, 9.17) is 0 Å². The lowest BCUT2D eigenvalue weighted by Crippen LogP contribution is -2.06. The molecule has 6 heteroatoms. The highest BCUT2D eigenvalue weighted by molar-refractivity contribution is 5.44. The standard InChI is InChI=1S/C11H10F3N3/c1-15-9-3-5-17(7-9)10-6-8(2-4-16-10)11(12,13)14/h2-7,15H,1H3. The summed E-state index contributed by atoms with van der Waals surface area (Å²) in [6.45, 7) is 0. The van der Waals surface area contributed by atoms with E-state index >= 15 is 0 Å². The Labute approximate surface area is 95.9 Å². The van der Waals surface area contributed by atoms with Gasteiger partial charge in [-0.25, -0.2) is 4.98 Å². The van der Waals surface area contributed by atoms with Crippen LogP contribution in [-0.2, 0) is 6.18 Å². The lowest BCUT2D eigenvalue weighted by atomic mass is 10.2. The number of aromatic nitrogens is 2. The quantitative estimate of drug-likeness (QED) is 0.876. The van der Waals surface area contributed by atoms with Gasteiger partial charge in [-0.2, -0.15) is 13.2 Å². The van der Waals surface area contributed by atoms with E-state index in [0.717, 1.165) is 24.0 Å². The third kappa shape index (κ3) is 2.41. The summed E-state index contributed by atoms with van der Waals surface area (Å²) in [7, 11) is 1.74. The Kier molecular flexibility index (Phi) is 2.79. The first-order valence-corrected chi connectivity index (χ1v) is 4.90. The largest absolute Gasteiger partial charge is 0.416 e. The maximum absolute atomic E-state index is 12.5. The maximum Gasteiger partial charge on any atom is 0.416 e. The maximum atomic E-state index is 12.5. The average molecular weight is 241 g/mol. The van der Waals surface area contributed by atoms with Gasteiger partial charge in [-0.15, -0.1) is 0 Å². The van der Waals surface area contributed by atoms with Gasteiger partial charge in [0.25, 0.3) is 0 Å². The Hall–Kier alpha value is -1.98. The summed E-state index contributed by atoms with van der Waals surface area (Å²) < 4.78 is 39.0. The van der Waals surface area contributed by atoms with Crippen LogP contribution >= 0.6 is 0 Å². The van der Waals surface area contributed by atoms with Crippen molar-refractivity contribution in [3.8, 4) is 5.82 Å². The molecule has 90 valence electrons. The second kappa shape index (κ2) is 4.12. The number of hydrogen-bond acceptors (Lipinski definition) is 2. The van der Waals surface area contributed by atoms with Crippen molar-refractivity contribution < 1.29 is 13.2 Å². The number of halogens is 3. The summed E-state index contributed by atoms with van der Waals surface area (Å²) in [5.41, 5.74) is 0.103. The molecule has 3 nitrogen and oxygen atoms in total. The Bertz CT molecular complexity index is 517. The predicted octanol–water partition coefficient (Wildman–Crippen LogP) is 2.93. The van der Waals surface area contributed by atoms with Crippen LogP contribution in [0.4, 0.5) is 18.9 Å². The molecule has 0 saturated heterocycles. The summed E-state index contributed by atoms with van der Waals surface area (Å²) in [4.78, 5) is 3.91. The number of hydrogen-bond donors (Lipinski definition) is 1. The van der Waals surface area contributed by atoms with Crippen molar-refractivity contribution >= 4 is 5.69 Å². The van der Waals surface area contributed by atoms with E-state index in [0.29, 0.717) is 0 Å². The molecule has 0 aliphatic carbocycles. The first-order chi connectivity index (χ1) is 8.00. The summed E-state index contributed by atoms with van der Waals surface area (Å²) in [5, 5.41) is 2.89. The SMILES string of the molecule is CNc1ccn(-c2cc(C(F)(F)F)ccn2)c1. The third-order valence-corrected chi connectivity index (χ3v) is 2.32. The molecule has 0 unspecified atom stereocenters. The van der Waals surface area contributed by atoms with Gasteiger partial charge in [-0.3, -0.25) is 0 Å². The van der Waals surface area contributed by atoms with E-state index < -0.39 is 11.7 Å². The molecule has 2 rings (SSSR count). The van der Waals surface area contributed by atoms with Crippen molar-refractivity contribution in [3.63, 3.8) is 0 Å². The zero-order valence-corrected chi connectivity index (χ0v) is 8.99. The van der Waals surface area contributed by atoms with Crippen LogP contribution in [-0.4, -0.2) is 16.6 Å². The molecule has 0 fully saturated rings. The Morgan fingerprint density at radius 3 is 2.65 bits per heavy atom. The van der Waals surface area contributed by atoms with Crippen molar-refractivity contribution in [1.29, 1.82) is 0 Å². The van der Waals surface area contributed by atoms with Crippen LogP contribution < -0.4 is 5.32 Å². The van der Waals surface area contributed by atoms with Gasteiger partial charge in [0.15, 0.2) is 0 Å². The van der Waals surface area contributed by atoms with Crippen LogP contribution in [0.2, 0.25) is 0 Å². The molecule has 0 spiro atoms. The topological polar surface area (TPSA) is 29.9 Å². The van der Waals surface area contributed by atoms with Crippen molar-refractivity contribution in [2.75, 3.05) is 12.4 Å². The Morgan fingerprint density at radius 2 is 2.06 bits per heavy atom. The minimum absolute atomic E-state index is 0.237. The van der Waals surface area contributed by atoms with Gasteiger partial charge in [0.05, 0.1) is 11.3 Å². The molecule has 0 aromatic carbocycles. The van der Waals surface area contributed by atoms with E-state index in [1.807, 2.05) is 0 Å². The fraction of sp³-hybridized carbons (Fsp3) is 0.182. The smallest absolute Gasteiger partial charge is 0.387 e. The van der Waals surface area contributed by atoms with Crippen molar-refractivity contribution in [2.45, 2.75) is 6.18 Å². The number of rotatable bonds is 2. The summed E-state index contributed by atoms with van der Waals surface area (Å²) in [5.74, 6) is 0.237. The highest BCUT2D eigenvalue weighted by Gasteiger charge is 2.30. The lowest BCUT2D eigenvalue weighted by Gasteiger charge is -2.08. The van der Waals surface area contributed by atoms with Crippen LogP contribution in [0.25, 0.3) is 5.82 Å². The zero-order valence-electron chi connectivity index (χ0n) is 8.99. The molecule has 0 saturated carbocycles. The minimum atomic E-state index is -4.35. The van der Waals surface area contributed by atoms with Gasteiger partial charge in [-0.1, -0.05) is 0 Å². The predicted molar refractivity (Wildman–Crippen MR) is 58.1 cm³/mol. The van der Waals surface area contributed by atoms with Gasteiger partial charge in [0, 0.05) is 25.6 Å². The highest BCUT2D eigenvalue weighted by Crippen LogP contribution is 2.29. The van der Waals surface area contributed by atoms with Crippen LogP contribution in [0.1, 0.15) is 5.56 Å². The number of anilines is 1. The zero-order chi connectivity index (χ0) is 12.5. The minimum Gasteiger partial charge on any atom is -0.387 e. The summed E-state index contributed by atoms with van der Waals surface area (Å²) >= 11 is 0. The summed E-state index contributed by atoms with van der Waals surface area (Å²) in [6, 6.07) is 3.72. The van der Waals surface area contributed by atoms with Gasteiger partial charge >= 0.3 is 6.18 Å². The van der Waals surface area contributed by atoms with Crippen LogP contribution in [0.5, 0.6) is 0 Å². The molecule has 0 radical (unpaired) electrons.